The van der Waals surface area contributed by atoms with Gasteiger partial charge in [-0.25, -0.2) is 0 Å². The molecule has 1 saturated heterocycles. The van der Waals surface area contributed by atoms with E-state index in [0.717, 1.165) is 18.6 Å². The lowest BCUT2D eigenvalue weighted by molar-refractivity contribution is -0.106. The summed E-state index contributed by atoms with van der Waals surface area (Å²) < 4.78 is 6.12. The second kappa shape index (κ2) is 5.80. The highest BCUT2D eigenvalue weighted by molar-refractivity contribution is 5.34. The molecule has 2 atom stereocenters. The third kappa shape index (κ3) is 3.19. The molecule has 2 aliphatic rings. The van der Waals surface area contributed by atoms with E-state index in [1.807, 2.05) is 6.07 Å². The molecule has 0 unspecified atom stereocenters. The van der Waals surface area contributed by atoms with Crippen molar-refractivity contribution in [2.75, 3.05) is 6.61 Å². The zero-order valence-corrected chi connectivity index (χ0v) is 11.5. The van der Waals surface area contributed by atoms with E-state index in [0.29, 0.717) is 5.92 Å². The third-order valence-electron chi connectivity index (χ3n) is 4.43. The summed E-state index contributed by atoms with van der Waals surface area (Å²) in [5.74, 6) is 7.33. The second-order valence-electron chi connectivity index (χ2n) is 5.92. The van der Waals surface area contributed by atoms with Gasteiger partial charge in [0.25, 0.3) is 0 Å². The van der Waals surface area contributed by atoms with Gasteiger partial charge in [0.1, 0.15) is 0 Å². The third-order valence-corrected chi connectivity index (χ3v) is 4.43. The predicted molar refractivity (Wildman–Crippen MR) is 77.8 cm³/mol. The number of hydrogen-bond donors (Lipinski definition) is 0. The van der Waals surface area contributed by atoms with Crippen LogP contribution in [0.2, 0.25) is 0 Å². The highest BCUT2D eigenvalue weighted by Crippen LogP contribution is 2.40. The van der Waals surface area contributed by atoms with Gasteiger partial charge in [0, 0.05) is 18.1 Å². The number of ether oxygens (including phenoxy) is 1. The van der Waals surface area contributed by atoms with Gasteiger partial charge in [0.2, 0.25) is 0 Å². The van der Waals surface area contributed by atoms with E-state index in [9.17, 15) is 0 Å². The summed E-state index contributed by atoms with van der Waals surface area (Å²) in [6.45, 7) is 0.957. The maximum absolute atomic E-state index is 6.12. The van der Waals surface area contributed by atoms with Gasteiger partial charge in [-0.2, -0.15) is 0 Å². The van der Waals surface area contributed by atoms with E-state index in [1.54, 1.807) is 0 Å². The molecule has 1 aliphatic carbocycles. The standard InChI is InChI=1S/C18H22O/c1-2-7-16(8-3-1)10-11-17-9-6-13-18(15-17)12-4-5-14-19-18/h1-3,7-8,17H,4-6,9,12-15H2/t17-,18-/m1/s1. The fourth-order valence-electron chi connectivity index (χ4n) is 3.42. The van der Waals surface area contributed by atoms with Gasteiger partial charge in [-0.15, -0.1) is 0 Å². The Morgan fingerprint density at radius 3 is 2.68 bits per heavy atom. The molecule has 1 nitrogen and oxygen atoms in total. The normalized spacial score (nSPS) is 30.6. The summed E-state index contributed by atoms with van der Waals surface area (Å²) in [6.07, 6.45) is 8.72. The molecular formula is C18H22O. The van der Waals surface area contributed by atoms with Gasteiger partial charge in [0.05, 0.1) is 5.60 Å². The average Bonchev–Trinajstić information content (AvgIpc) is 2.47. The van der Waals surface area contributed by atoms with Gasteiger partial charge < -0.3 is 4.74 Å². The molecule has 1 aliphatic heterocycles. The second-order valence-corrected chi connectivity index (χ2v) is 5.92. The van der Waals surface area contributed by atoms with Gasteiger partial charge in [-0.3, -0.25) is 0 Å². The van der Waals surface area contributed by atoms with E-state index in [1.165, 1.54) is 38.5 Å². The number of hydrogen-bond acceptors (Lipinski definition) is 1. The summed E-state index contributed by atoms with van der Waals surface area (Å²) in [5, 5.41) is 0. The van der Waals surface area contributed by atoms with Crippen molar-refractivity contribution in [2.24, 2.45) is 5.92 Å². The van der Waals surface area contributed by atoms with Crippen LogP contribution in [0.1, 0.15) is 50.5 Å². The molecule has 0 amide bonds. The molecule has 1 aromatic carbocycles. The van der Waals surface area contributed by atoms with E-state index >= 15 is 0 Å². The Balaban J connectivity index is 1.67. The minimum absolute atomic E-state index is 0.173. The number of benzene rings is 1. The van der Waals surface area contributed by atoms with Crippen LogP contribution in [0.4, 0.5) is 0 Å². The Morgan fingerprint density at radius 1 is 1.05 bits per heavy atom. The SMILES string of the molecule is C(#C[C@H]1CCC[C@]2(CCCCO2)C1)c1ccccc1. The Labute approximate surface area is 116 Å². The summed E-state index contributed by atoms with van der Waals surface area (Å²) in [4.78, 5) is 0. The van der Waals surface area contributed by atoms with Crippen molar-refractivity contribution >= 4 is 0 Å². The van der Waals surface area contributed by atoms with Crippen LogP contribution in [0.25, 0.3) is 0 Å². The molecule has 1 spiro atoms. The fourth-order valence-corrected chi connectivity index (χ4v) is 3.42. The van der Waals surface area contributed by atoms with Crippen LogP contribution in [0.15, 0.2) is 30.3 Å². The maximum Gasteiger partial charge on any atom is 0.0694 e. The van der Waals surface area contributed by atoms with Crippen molar-refractivity contribution < 1.29 is 4.74 Å². The minimum Gasteiger partial charge on any atom is -0.375 e. The summed E-state index contributed by atoms with van der Waals surface area (Å²) in [5.41, 5.74) is 1.30. The van der Waals surface area contributed by atoms with Crippen molar-refractivity contribution in [3.05, 3.63) is 35.9 Å². The molecule has 1 heteroatoms. The van der Waals surface area contributed by atoms with Crippen molar-refractivity contribution in [3.63, 3.8) is 0 Å². The van der Waals surface area contributed by atoms with Crippen LogP contribution in [0.3, 0.4) is 0 Å². The van der Waals surface area contributed by atoms with Crippen LogP contribution in [0, 0.1) is 17.8 Å². The monoisotopic (exact) mass is 254 g/mol. The van der Waals surface area contributed by atoms with Crippen molar-refractivity contribution in [1.82, 2.24) is 0 Å². The molecule has 0 N–H and O–H groups in total. The quantitative estimate of drug-likeness (QED) is 0.631. The lowest BCUT2D eigenvalue weighted by atomic mass is 9.74. The molecule has 100 valence electrons. The molecule has 1 heterocycles. The van der Waals surface area contributed by atoms with Crippen LogP contribution in [-0.2, 0) is 4.74 Å². The van der Waals surface area contributed by atoms with Gasteiger partial charge in [-0.1, -0.05) is 30.0 Å². The van der Waals surface area contributed by atoms with Gasteiger partial charge in [0.15, 0.2) is 0 Å². The van der Waals surface area contributed by atoms with Crippen LogP contribution in [0.5, 0.6) is 0 Å². The first-order chi connectivity index (χ1) is 9.36. The first-order valence-corrected chi connectivity index (χ1v) is 7.57. The zero-order valence-electron chi connectivity index (χ0n) is 11.5. The van der Waals surface area contributed by atoms with E-state index in [4.69, 9.17) is 4.74 Å². The Kier molecular flexibility index (Phi) is 3.89. The predicted octanol–water partition coefficient (Wildman–Crippen LogP) is 4.17. The molecule has 0 bridgehead atoms. The highest BCUT2D eigenvalue weighted by atomic mass is 16.5. The smallest absolute Gasteiger partial charge is 0.0694 e. The molecule has 0 radical (unpaired) electrons. The van der Waals surface area contributed by atoms with Crippen LogP contribution < -0.4 is 0 Å². The van der Waals surface area contributed by atoms with Crippen molar-refractivity contribution in [1.29, 1.82) is 0 Å². The summed E-state index contributed by atoms with van der Waals surface area (Å²) in [6, 6.07) is 10.3. The van der Waals surface area contributed by atoms with Crippen LogP contribution in [-0.4, -0.2) is 12.2 Å². The van der Waals surface area contributed by atoms with Crippen molar-refractivity contribution in [3.8, 4) is 11.8 Å². The number of rotatable bonds is 0. The summed E-state index contributed by atoms with van der Waals surface area (Å²) in [7, 11) is 0. The molecule has 1 aromatic rings. The zero-order chi connectivity index (χ0) is 13.0. The first kappa shape index (κ1) is 12.8. The maximum atomic E-state index is 6.12. The van der Waals surface area contributed by atoms with E-state index in [2.05, 4.69) is 36.1 Å². The molecular weight excluding hydrogens is 232 g/mol. The molecule has 3 rings (SSSR count). The lowest BCUT2D eigenvalue weighted by Crippen LogP contribution is -2.40. The Hall–Kier alpha value is -1.26. The van der Waals surface area contributed by atoms with E-state index < -0.39 is 0 Å². The Bertz CT molecular complexity index is 454. The van der Waals surface area contributed by atoms with Crippen LogP contribution >= 0.6 is 0 Å². The van der Waals surface area contributed by atoms with E-state index in [-0.39, 0.29) is 5.60 Å². The molecule has 1 saturated carbocycles. The minimum atomic E-state index is 0.173. The van der Waals surface area contributed by atoms with Crippen molar-refractivity contribution in [2.45, 2.75) is 50.5 Å². The topological polar surface area (TPSA) is 9.23 Å². The highest BCUT2D eigenvalue weighted by Gasteiger charge is 2.37. The largest absolute Gasteiger partial charge is 0.375 e. The van der Waals surface area contributed by atoms with Gasteiger partial charge in [-0.05, 0) is 57.1 Å². The fraction of sp³-hybridized carbons (Fsp3) is 0.556. The Morgan fingerprint density at radius 2 is 1.89 bits per heavy atom. The summed E-state index contributed by atoms with van der Waals surface area (Å²) >= 11 is 0. The first-order valence-electron chi connectivity index (χ1n) is 7.57. The molecule has 2 fully saturated rings. The lowest BCUT2D eigenvalue weighted by Gasteiger charge is -2.42. The average molecular weight is 254 g/mol. The van der Waals surface area contributed by atoms with Gasteiger partial charge >= 0.3 is 0 Å². The molecule has 19 heavy (non-hydrogen) atoms. The molecule has 0 aromatic heterocycles.